The van der Waals surface area contributed by atoms with E-state index in [0.717, 1.165) is 22.2 Å². The van der Waals surface area contributed by atoms with Crippen molar-refractivity contribution >= 4 is 11.5 Å². The Morgan fingerprint density at radius 1 is 1.14 bits per heavy atom. The van der Waals surface area contributed by atoms with Gasteiger partial charge in [0.1, 0.15) is 11.9 Å². The molecule has 21 heavy (non-hydrogen) atoms. The quantitative estimate of drug-likeness (QED) is 0.770. The molecule has 0 aliphatic carbocycles. The molecule has 3 rings (SSSR count). The average Bonchev–Trinajstić information content (AvgIpc) is 2.92. The highest BCUT2D eigenvalue weighted by molar-refractivity contribution is 5.71. The Morgan fingerprint density at radius 3 is 2.57 bits per heavy atom. The Kier molecular flexibility index (Phi) is 2.91. The number of aromatic nitrogens is 2. The van der Waals surface area contributed by atoms with Crippen molar-refractivity contribution in [2.75, 3.05) is 11.4 Å². The number of rotatable bonds is 1. The number of anilines is 2. The van der Waals surface area contributed by atoms with Crippen molar-refractivity contribution in [2.24, 2.45) is 14.1 Å². The summed E-state index contributed by atoms with van der Waals surface area (Å²) < 4.78 is 2.33. The summed E-state index contributed by atoms with van der Waals surface area (Å²) in [7, 11) is 2.96. The number of hydrogen-bond acceptors (Lipinski definition) is 4. The van der Waals surface area contributed by atoms with Gasteiger partial charge in [-0.25, -0.2) is 4.79 Å². The van der Waals surface area contributed by atoms with Gasteiger partial charge in [0.15, 0.2) is 5.56 Å². The predicted octanol–water partition coefficient (Wildman–Crippen LogP) is 0.650. The van der Waals surface area contributed by atoms with Crippen molar-refractivity contribution in [2.45, 2.75) is 6.42 Å². The highest BCUT2D eigenvalue weighted by atomic mass is 16.2. The van der Waals surface area contributed by atoms with Crippen LogP contribution in [-0.2, 0) is 20.5 Å². The Bertz CT molecular complexity index is 886. The minimum Gasteiger partial charge on any atom is -0.326 e. The van der Waals surface area contributed by atoms with Crippen LogP contribution in [0.5, 0.6) is 0 Å². The fourth-order valence-corrected chi connectivity index (χ4v) is 2.81. The molecule has 6 heteroatoms. The monoisotopic (exact) mass is 282 g/mol. The van der Waals surface area contributed by atoms with Crippen LogP contribution in [0.25, 0.3) is 0 Å². The SMILES string of the molecule is Cn1c(N2CCc3ccccc32)c(C#N)c(=O)n(C)c1=O. The van der Waals surface area contributed by atoms with Gasteiger partial charge in [0.2, 0.25) is 0 Å². The number of nitrogens with zero attached hydrogens (tertiary/aromatic N) is 4. The van der Waals surface area contributed by atoms with Gasteiger partial charge < -0.3 is 4.90 Å². The third kappa shape index (κ3) is 1.78. The second-order valence-electron chi connectivity index (χ2n) is 5.05. The molecule has 0 N–H and O–H groups in total. The van der Waals surface area contributed by atoms with Crippen molar-refractivity contribution in [1.82, 2.24) is 9.13 Å². The van der Waals surface area contributed by atoms with Crippen molar-refractivity contribution in [3.8, 4) is 6.07 Å². The molecule has 0 radical (unpaired) electrons. The molecule has 1 aromatic heterocycles. The number of benzene rings is 1. The summed E-state index contributed by atoms with van der Waals surface area (Å²) in [5, 5.41) is 9.34. The lowest BCUT2D eigenvalue weighted by Gasteiger charge is -2.23. The first kappa shape index (κ1) is 13.2. The van der Waals surface area contributed by atoms with Crippen LogP contribution in [0.2, 0.25) is 0 Å². The molecule has 0 atom stereocenters. The fraction of sp³-hybridized carbons (Fsp3) is 0.267. The molecule has 1 aliphatic rings. The molecule has 6 nitrogen and oxygen atoms in total. The van der Waals surface area contributed by atoms with Crippen molar-refractivity contribution in [3.63, 3.8) is 0 Å². The highest BCUT2D eigenvalue weighted by Crippen LogP contribution is 2.34. The van der Waals surface area contributed by atoms with E-state index in [1.165, 1.54) is 11.6 Å². The van der Waals surface area contributed by atoms with E-state index in [1.54, 1.807) is 7.05 Å². The molecule has 2 aromatic rings. The van der Waals surface area contributed by atoms with E-state index < -0.39 is 11.2 Å². The van der Waals surface area contributed by atoms with Crippen LogP contribution in [0.1, 0.15) is 11.1 Å². The third-order valence-electron chi connectivity index (χ3n) is 3.89. The summed E-state index contributed by atoms with van der Waals surface area (Å²) in [5.41, 5.74) is 1.10. The molecular weight excluding hydrogens is 268 g/mol. The maximum atomic E-state index is 12.2. The summed E-state index contributed by atoms with van der Waals surface area (Å²) >= 11 is 0. The van der Waals surface area contributed by atoms with E-state index in [1.807, 2.05) is 35.2 Å². The van der Waals surface area contributed by atoms with E-state index in [9.17, 15) is 14.9 Å². The lowest BCUT2D eigenvalue weighted by Crippen LogP contribution is -2.41. The molecule has 1 aromatic carbocycles. The number of fused-ring (bicyclic) bond motifs is 1. The van der Waals surface area contributed by atoms with Crippen LogP contribution < -0.4 is 16.1 Å². The van der Waals surface area contributed by atoms with Gasteiger partial charge in [-0.3, -0.25) is 13.9 Å². The zero-order valence-corrected chi connectivity index (χ0v) is 11.8. The highest BCUT2D eigenvalue weighted by Gasteiger charge is 2.26. The van der Waals surface area contributed by atoms with Crippen LogP contribution in [0, 0.1) is 11.3 Å². The summed E-state index contributed by atoms with van der Waals surface area (Å²) in [6.07, 6.45) is 0.824. The Morgan fingerprint density at radius 2 is 1.86 bits per heavy atom. The zero-order chi connectivity index (χ0) is 15.1. The van der Waals surface area contributed by atoms with Crippen molar-refractivity contribution < 1.29 is 0 Å². The lowest BCUT2D eigenvalue weighted by molar-refractivity contribution is 0.676. The summed E-state index contributed by atoms with van der Waals surface area (Å²) in [6.45, 7) is 0.647. The topological polar surface area (TPSA) is 71.0 Å². The minimum absolute atomic E-state index is 0.00342. The van der Waals surface area contributed by atoms with E-state index >= 15 is 0 Å². The number of nitriles is 1. The van der Waals surface area contributed by atoms with E-state index in [4.69, 9.17) is 0 Å². The smallest absolute Gasteiger partial charge is 0.326 e. The van der Waals surface area contributed by atoms with Gasteiger partial charge in [-0.1, -0.05) is 18.2 Å². The maximum absolute atomic E-state index is 12.2. The molecule has 106 valence electrons. The molecule has 0 fully saturated rings. The Labute approximate surface area is 121 Å². The van der Waals surface area contributed by atoms with Crippen LogP contribution in [-0.4, -0.2) is 15.7 Å². The molecular formula is C15H14N4O2. The van der Waals surface area contributed by atoms with Crippen LogP contribution in [0.3, 0.4) is 0 Å². The maximum Gasteiger partial charge on any atom is 0.332 e. The summed E-state index contributed by atoms with van der Waals surface area (Å²) in [4.78, 5) is 26.2. The molecule has 2 heterocycles. The van der Waals surface area contributed by atoms with Gasteiger partial charge in [0.05, 0.1) is 0 Å². The lowest BCUT2D eigenvalue weighted by atomic mass is 10.2. The standard InChI is InChI=1S/C15H14N4O2/c1-17-13(11(9-16)14(20)18(2)15(17)21)19-8-7-10-5-3-4-6-12(10)19/h3-6H,7-8H2,1-2H3. The first-order chi connectivity index (χ1) is 10.1. The number of para-hydroxylation sites is 1. The Balaban J connectivity index is 2.33. The normalized spacial score (nSPS) is 13.1. The van der Waals surface area contributed by atoms with Gasteiger partial charge in [0.25, 0.3) is 5.56 Å². The van der Waals surface area contributed by atoms with E-state index in [2.05, 4.69) is 0 Å². The van der Waals surface area contributed by atoms with Crippen LogP contribution in [0.4, 0.5) is 11.5 Å². The molecule has 1 aliphatic heterocycles. The van der Waals surface area contributed by atoms with Gasteiger partial charge in [-0.15, -0.1) is 0 Å². The van der Waals surface area contributed by atoms with Gasteiger partial charge in [0, 0.05) is 26.3 Å². The molecule has 0 unspecified atom stereocenters. The van der Waals surface area contributed by atoms with E-state index in [-0.39, 0.29) is 5.56 Å². The predicted molar refractivity (Wildman–Crippen MR) is 78.8 cm³/mol. The second kappa shape index (κ2) is 4.63. The molecule has 0 amide bonds. The van der Waals surface area contributed by atoms with Crippen molar-refractivity contribution in [1.29, 1.82) is 5.26 Å². The van der Waals surface area contributed by atoms with Gasteiger partial charge in [-0.2, -0.15) is 5.26 Å². The van der Waals surface area contributed by atoms with Gasteiger partial charge in [-0.05, 0) is 18.1 Å². The van der Waals surface area contributed by atoms with Crippen LogP contribution >= 0.6 is 0 Å². The van der Waals surface area contributed by atoms with Crippen LogP contribution in [0.15, 0.2) is 33.9 Å². The Hall–Kier alpha value is -2.81. The first-order valence-corrected chi connectivity index (χ1v) is 6.62. The molecule has 0 saturated carbocycles. The third-order valence-corrected chi connectivity index (χ3v) is 3.89. The van der Waals surface area contributed by atoms with Gasteiger partial charge >= 0.3 is 5.69 Å². The van der Waals surface area contributed by atoms with Crippen molar-refractivity contribution in [3.05, 3.63) is 56.2 Å². The molecule has 0 bridgehead atoms. The first-order valence-electron chi connectivity index (χ1n) is 6.62. The number of hydrogen-bond donors (Lipinski definition) is 0. The second-order valence-corrected chi connectivity index (χ2v) is 5.05. The average molecular weight is 282 g/mol. The molecule has 0 spiro atoms. The minimum atomic E-state index is -0.556. The molecule has 0 saturated heterocycles. The zero-order valence-electron chi connectivity index (χ0n) is 11.8. The summed E-state index contributed by atoms with van der Waals surface area (Å²) in [6, 6.07) is 9.76. The largest absolute Gasteiger partial charge is 0.332 e. The summed E-state index contributed by atoms with van der Waals surface area (Å²) in [5.74, 6) is 0.371. The fourth-order valence-electron chi connectivity index (χ4n) is 2.81. The van der Waals surface area contributed by atoms with E-state index in [0.29, 0.717) is 12.4 Å².